The summed E-state index contributed by atoms with van der Waals surface area (Å²) in [5.74, 6) is 1.00. The molecule has 0 unspecified atom stereocenters. The molecule has 0 aliphatic carbocycles. The molecule has 0 bridgehead atoms. The fourth-order valence-electron chi connectivity index (χ4n) is 3.63. The molecule has 3 aromatic rings. The number of nitrogens with zero attached hydrogens (tertiary/aromatic N) is 1. The van der Waals surface area contributed by atoms with Crippen LogP contribution >= 0.6 is 11.6 Å². The number of nitrogens with one attached hydrogen (secondary N) is 1. The molecule has 0 radical (unpaired) electrons. The monoisotopic (exact) mass is 464 g/mol. The van der Waals surface area contributed by atoms with E-state index in [1.807, 2.05) is 60.7 Å². The Hall–Kier alpha value is -3.51. The molecule has 1 aliphatic heterocycles. The summed E-state index contributed by atoms with van der Waals surface area (Å²) >= 11 is 6.00. The first-order chi connectivity index (χ1) is 16.0. The van der Waals surface area contributed by atoms with Gasteiger partial charge in [0.1, 0.15) is 6.04 Å². The first-order valence-electron chi connectivity index (χ1n) is 10.7. The Balaban J connectivity index is 1.46. The van der Waals surface area contributed by atoms with Crippen LogP contribution in [0, 0.1) is 0 Å². The quantitative estimate of drug-likeness (QED) is 0.538. The summed E-state index contributed by atoms with van der Waals surface area (Å²) in [6.07, 6.45) is 0.216. The number of ether oxygens (including phenoxy) is 2. The molecule has 33 heavy (non-hydrogen) atoms. The van der Waals surface area contributed by atoms with Gasteiger partial charge in [-0.2, -0.15) is 0 Å². The normalized spacial score (nSPS) is 12.8. The van der Waals surface area contributed by atoms with E-state index in [0.29, 0.717) is 29.6 Å². The van der Waals surface area contributed by atoms with Crippen LogP contribution in [0.1, 0.15) is 23.6 Å². The van der Waals surface area contributed by atoms with Gasteiger partial charge in [-0.25, -0.2) is 0 Å². The maximum Gasteiger partial charge on any atom is 0.242 e. The van der Waals surface area contributed by atoms with Crippen molar-refractivity contribution >= 4 is 23.4 Å². The van der Waals surface area contributed by atoms with Crippen LogP contribution in [0.25, 0.3) is 0 Å². The smallest absolute Gasteiger partial charge is 0.242 e. The van der Waals surface area contributed by atoms with Gasteiger partial charge < -0.3 is 19.7 Å². The third-order valence-electron chi connectivity index (χ3n) is 5.54. The van der Waals surface area contributed by atoms with Crippen molar-refractivity contribution in [2.24, 2.45) is 0 Å². The zero-order valence-corrected chi connectivity index (χ0v) is 19.0. The molecule has 1 aliphatic rings. The summed E-state index contributed by atoms with van der Waals surface area (Å²) in [5.41, 5.74) is 2.69. The highest BCUT2D eigenvalue weighted by molar-refractivity contribution is 6.30. The van der Waals surface area contributed by atoms with Gasteiger partial charge in [-0.3, -0.25) is 9.59 Å². The van der Waals surface area contributed by atoms with Crippen molar-refractivity contribution in [1.29, 1.82) is 0 Å². The number of fused-ring (bicyclic) bond motifs is 1. The molecular weight excluding hydrogens is 440 g/mol. The number of carbonyl (C=O) groups is 2. The summed E-state index contributed by atoms with van der Waals surface area (Å²) in [7, 11) is 0. The molecule has 1 atom stereocenters. The Morgan fingerprint density at radius 2 is 1.64 bits per heavy atom. The summed E-state index contributed by atoms with van der Waals surface area (Å²) in [4.78, 5) is 27.8. The maximum absolute atomic E-state index is 13.2. The Bertz CT molecular complexity index is 1120. The van der Waals surface area contributed by atoms with Gasteiger partial charge >= 0.3 is 0 Å². The average molecular weight is 465 g/mol. The van der Waals surface area contributed by atoms with Crippen LogP contribution in [-0.4, -0.2) is 29.5 Å². The van der Waals surface area contributed by atoms with Gasteiger partial charge in [-0.1, -0.05) is 60.1 Å². The van der Waals surface area contributed by atoms with Crippen molar-refractivity contribution in [3.63, 3.8) is 0 Å². The maximum atomic E-state index is 13.2. The van der Waals surface area contributed by atoms with Crippen molar-refractivity contribution in [1.82, 2.24) is 10.2 Å². The van der Waals surface area contributed by atoms with E-state index in [2.05, 4.69) is 5.32 Å². The van der Waals surface area contributed by atoms with Crippen molar-refractivity contribution in [2.45, 2.75) is 32.5 Å². The predicted octanol–water partition coefficient (Wildman–Crippen LogP) is 4.34. The van der Waals surface area contributed by atoms with E-state index in [0.717, 1.165) is 16.7 Å². The predicted molar refractivity (Wildman–Crippen MR) is 126 cm³/mol. The van der Waals surface area contributed by atoms with E-state index in [-0.39, 0.29) is 25.0 Å². The van der Waals surface area contributed by atoms with Crippen LogP contribution in [-0.2, 0) is 29.1 Å². The second-order valence-corrected chi connectivity index (χ2v) is 8.33. The summed E-state index contributed by atoms with van der Waals surface area (Å²) in [6, 6.07) is 21.7. The summed E-state index contributed by atoms with van der Waals surface area (Å²) < 4.78 is 10.7. The molecular formula is C26H25ClN2O4. The number of amides is 2. The number of benzene rings is 3. The molecule has 0 saturated carbocycles. The second kappa shape index (κ2) is 10.4. The molecule has 7 heteroatoms. The highest BCUT2D eigenvalue weighted by atomic mass is 35.5. The molecule has 0 spiro atoms. The molecule has 3 aromatic carbocycles. The first kappa shape index (κ1) is 22.7. The minimum absolute atomic E-state index is 0.123. The number of halogens is 1. The van der Waals surface area contributed by atoms with E-state index in [1.54, 1.807) is 24.0 Å². The Morgan fingerprint density at radius 3 is 2.39 bits per heavy atom. The van der Waals surface area contributed by atoms with Gasteiger partial charge in [-0.15, -0.1) is 0 Å². The zero-order chi connectivity index (χ0) is 23.2. The summed E-state index contributed by atoms with van der Waals surface area (Å²) in [5, 5.41) is 3.55. The van der Waals surface area contributed by atoms with Gasteiger partial charge in [0.2, 0.25) is 18.6 Å². The van der Waals surface area contributed by atoms with Crippen LogP contribution in [0.5, 0.6) is 11.5 Å². The van der Waals surface area contributed by atoms with Crippen molar-refractivity contribution in [3.8, 4) is 11.5 Å². The van der Waals surface area contributed by atoms with E-state index >= 15 is 0 Å². The van der Waals surface area contributed by atoms with Gasteiger partial charge in [0, 0.05) is 18.1 Å². The van der Waals surface area contributed by atoms with Crippen LogP contribution in [0.2, 0.25) is 5.02 Å². The largest absolute Gasteiger partial charge is 0.454 e. The molecule has 1 heterocycles. The fraction of sp³-hybridized carbons (Fsp3) is 0.231. The van der Waals surface area contributed by atoms with Crippen molar-refractivity contribution < 1.29 is 19.1 Å². The lowest BCUT2D eigenvalue weighted by atomic mass is 10.1. The number of rotatable bonds is 8. The molecule has 4 rings (SSSR count). The van der Waals surface area contributed by atoms with Crippen LogP contribution in [0.3, 0.4) is 0 Å². The van der Waals surface area contributed by atoms with Gasteiger partial charge in [0.15, 0.2) is 11.5 Å². The molecule has 2 amide bonds. The van der Waals surface area contributed by atoms with Crippen LogP contribution < -0.4 is 14.8 Å². The first-order valence-corrected chi connectivity index (χ1v) is 11.1. The Morgan fingerprint density at radius 1 is 0.939 bits per heavy atom. The number of hydrogen-bond donors (Lipinski definition) is 1. The highest BCUT2D eigenvalue weighted by Gasteiger charge is 2.26. The second-order valence-electron chi connectivity index (χ2n) is 7.89. The topological polar surface area (TPSA) is 67.9 Å². The van der Waals surface area contributed by atoms with E-state index in [1.165, 1.54) is 0 Å². The lowest BCUT2D eigenvalue weighted by molar-refractivity contribution is -0.140. The van der Waals surface area contributed by atoms with E-state index in [9.17, 15) is 9.59 Å². The molecule has 0 aromatic heterocycles. The minimum Gasteiger partial charge on any atom is -0.454 e. The lowest BCUT2D eigenvalue weighted by Crippen LogP contribution is -2.47. The van der Waals surface area contributed by atoms with Crippen molar-refractivity contribution in [3.05, 3.63) is 94.5 Å². The lowest BCUT2D eigenvalue weighted by Gasteiger charge is -2.29. The fourth-order valence-corrected chi connectivity index (χ4v) is 3.75. The average Bonchev–Trinajstić information content (AvgIpc) is 3.30. The van der Waals surface area contributed by atoms with Crippen LogP contribution in [0.4, 0.5) is 0 Å². The summed E-state index contributed by atoms with van der Waals surface area (Å²) in [6.45, 7) is 2.57. The molecule has 0 saturated heterocycles. The van der Waals surface area contributed by atoms with E-state index < -0.39 is 6.04 Å². The molecule has 1 N–H and O–H groups in total. The van der Waals surface area contributed by atoms with Crippen molar-refractivity contribution in [2.75, 3.05) is 6.79 Å². The third kappa shape index (κ3) is 5.84. The number of hydrogen-bond acceptors (Lipinski definition) is 4. The number of carbonyl (C=O) groups excluding carboxylic acids is 2. The molecule has 6 nitrogen and oxygen atoms in total. The van der Waals surface area contributed by atoms with Crippen LogP contribution in [0.15, 0.2) is 72.8 Å². The minimum atomic E-state index is -0.661. The van der Waals surface area contributed by atoms with Gasteiger partial charge in [0.05, 0.1) is 6.42 Å². The van der Waals surface area contributed by atoms with E-state index in [4.69, 9.17) is 21.1 Å². The Kier molecular flexibility index (Phi) is 7.15. The Labute approximate surface area is 198 Å². The van der Waals surface area contributed by atoms with Gasteiger partial charge in [-0.05, 0) is 47.9 Å². The highest BCUT2D eigenvalue weighted by Crippen LogP contribution is 2.32. The third-order valence-corrected chi connectivity index (χ3v) is 5.79. The van der Waals surface area contributed by atoms with Gasteiger partial charge in [0.25, 0.3) is 0 Å². The molecule has 170 valence electrons. The molecule has 0 fully saturated rings. The standard InChI is InChI=1S/C26H25ClN2O4/c1-18(26(31)28-15-21-9-12-23-24(13-21)33-17-32-23)29(16-20-7-10-22(27)11-8-20)25(30)14-19-5-3-2-4-6-19/h2-13,18H,14-17H2,1H3,(H,28,31)/t18-/m1/s1. The zero-order valence-electron chi connectivity index (χ0n) is 18.3. The SMILES string of the molecule is C[C@H](C(=O)NCc1ccc2c(c1)OCO2)N(Cc1ccc(Cl)cc1)C(=O)Cc1ccccc1.